The summed E-state index contributed by atoms with van der Waals surface area (Å²) in [6.07, 6.45) is 0. The molecular weight excluding hydrogens is 288 g/mol. The van der Waals surface area contributed by atoms with Crippen LogP contribution in [0.3, 0.4) is 0 Å². The summed E-state index contributed by atoms with van der Waals surface area (Å²) in [6.45, 7) is 3.48. The van der Waals surface area contributed by atoms with Gasteiger partial charge in [-0.1, -0.05) is 12.1 Å². The molecule has 22 heavy (non-hydrogen) atoms. The Morgan fingerprint density at radius 3 is 1.91 bits per heavy atom. The van der Waals surface area contributed by atoms with Crippen molar-refractivity contribution in [3.63, 3.8) is 0 Å². The molecule has 0 spiro atoms. The largest absolute Gasteiger partial charge is 0.399 e. The van der Waals surface area contributed by atoms with Crippen molar-refractivity contribution < 1.29 is 9.85 Å². The van der Waals surface area contributed by atoms with Gasteiger partial charge in [-0.15, -0.1) is 0 Å². The van der Waals surface area contributed by atoms with Crippen LogP contribution in [0.1, 0.15) is 11.1 Å². The second kappa shape index (κ2) is 7.02. The molecule has 8 nitrogen and oxygen atoms in total. The average molecular weight is 304 g/mol. The summed E-state index contributed by atoms with van der Waals surface area (Å²) in [5.74, 6) is 0. The first kappa shape index (κ1) is 16.9. The fourth-order valence-corrected chi connectivity index (χ4v) is 1.56. The van der Waals surface area contributed by atoms with Crippen molar-refractivity contribution in [1.29, 1.82) is 0 Å². The maximum Gasteiger partial charge on any atom is 0.274 e. The third-order valence-electron chi connectivity index (χ3n) is 2.90. The van der Waals surface area contributed by atoms with E-state index >= 15 is 0 Å². The number of nitro groups is 2. The van der Waals surface area contributed by atoms with Gasteiger partial charge in [0.1, 0.15) is 0 Å². The number of non-ortho nitro benzene ring substituents is 1. The molecule has 2 rings (SSSR count). The third kappa shape index (κ3) is 4.44. The van der Waals surface area contributed by atoms with Gasteiger partial charge in [-0.05, 0) is 25.5 Å². The van der Waals surface area contributed by atoms with Crippen molar-refractivity contribution in [1.82, 2.24) is 0 Å². The monoisotopic (exact) mass is 304 g/mol. The quantitative estimate of drug-likeness (QED) is 0.496. The summed E-state index contributed by atoms with van der Waals surface area (Å²) < 4.78 is 0. The van der Waals surface area contributed by atoms with E-state index in [0.717, 1.165) is 5.56 Å². The highest BCUT2D eigenvalue weighted by Gasteiger charge is 2.08. The van der Waals surface area contributed by atoms with Gasteiger partial charge in [0, 0.05) is 35.1 Å². The highest BCUT2D eigenvalue weighted by Crippen LogP contribution is 2.20. The predicted octanol–water partition coefficient (Wildman–Crippen LogP) is 2.97. The summed E-state index contributed by atoms with van der Waals surface area (Å²) >= 11 is 0. The number of nitrogens with two attached hydrogens (primary N) is 2. The number of hydrogen-bond donors (Lipinski definition) is 2. The number of rotatable bonds is 2. The molecule has 0 unspecified atom stereocenters. The van der Waals surface area contributed by atoms with Crippen LogP contribution in [0, 0.1) is 34.1 Å². The molecule has 2 aromatic rings. The van der Waals surface area contributed by atoms with Gasteiger partial charge >= 0.3 is 0 Å². The van der Waals surface area contributed by atoms with Crippen LogP contribution in [0.4, 0.5) is 22.7 Å². The number of nitro benzene ring substituents is 2. The van der Waals surface area contributed by atoms with Gasteiger partial charge in [0.2, 0.25) is 0 Å². The molecule has 0 aliphatic heterocycles. The van der Waals surface area contributed by atoms with Crippen LogP contribution in [0.2, 0.25) is 0 Å². The van der Waals surface area contributed by atoms with Crippen LogP contribution in [-0.2, 0) is 0 Å². The van der Waals surface area contributed by atoms with E-state index in [1.165, 1.54) is 18.2 Å². The van der Waals surface area contributed by atoms with Crippen LogP contribution in [0.5, 0.6) is 0 Å². The van der Waals surface area contributed by atoms with Crippen molar-refractivity contribution in [2.24, 2.45) is 0 Å². The SMILES string of the molecule is Cc1ccc(N)cc1[N+](=O)[O-].Cc1ccc([N+](=O)[O-])cc1N. The summed E-state index contributed by atoms with van der Waals surface area (Å²) in [7, 11) is 0. The topological polar surface area (TPSA) is 138 Å². The van der Waals surface area contributed by atoms with Gasteiger partial charge in [-0.2, -0.15) is 0 Å². The fraction of sp³-hybridized carbons (Fsp3) is 0.143. The second-order valence-electron chi connectivity index (χ2n) is 4.60. The first-order chi connectivity index (χ1) is 10.2. The Bertz CT molecular complexity index is 716. The highest BCUT2D eigenvalue weighted by molar-refractivity contribution is 5.53. The zero-order valence-electron chi connectivity index (χ0n) is 12.1. The van der Waals surface area contributed by atoms with E-state index < -0.39 is 9.85 Å². The minimum Gasteiger partial charge on any atom is -0.399 e. The predicted molar refractivity (Wildman–Crippen MR) is 84.5 cm³/mol. The van der Waals surface area contributed by atoms with Gasteiger partial charge in [0.15, 0.2) is 0 Å². The number of hydrogen-bond acceptors (Lipinski definition) is 6. The Morgan fingerprint density at radius 2 is 1.45 bits per heavy atom. The minimum absolute atomic E-state index is 0.0353. The average Bonchev–Trinajstić information content (AvgIpc) is 2.44. The van der Waals surface area contributed by atoms with Crippen molar-refractivity contribution in [2.75, 3.05) is 11.5 Å². The number of nitrogens with zero attached hydrogens (tertiary/aromatic N) is 2. The van der Waals surface area contributed by atoms with E-state index in [-0.39, 0.29) is 11.4 Å². The van der Waals surface area contributed by atoms with E-state index in [9.17, 15) is 20.2 Å². The standard InChI is InChI=1S/2C7H8N2O2/c1-5-2-3-6(9(10)11)4-7(5)8;1-5-2-3-6(8)4-7(5)9(10)11/h2*2-4H,8H2,1H3. The van der Waals surface area contributed by atoms with E-state index in [1.807, 2.05) is 0 Å². The lowest BCUT2D eigenvalue weighted by Gasteiger charge is -1.97. The highest BCUT2D eigenvalue weighted by atomic mass is 16.6. The molecule has 0 fully saturated rings. The lowest BCUT2D eigenvalue weighted by atomic mass is 10.2. The fourth-order valence-electron chi connectivity index (χ4n) is 1.56. The molecule has 0 saturated heterocycles. The zero-order chi connectivity index (χ0) is 16.9. The molecule has 0 radical (unpaired) electrons. The van der Waals surface area contributed by atoms with E-state index in [2.05, 4.69) is 0 Å². The molecule has 8 heteroatoms. The maximum absolute atomic E-state index is 10.3. The molecule has 0 amide bonds. The van der Waals surface area contributed by atoms with Gasteiger partial charge < -0.3 is 11.5 Å². The van der Waals surface area contributed by atoms with Crippen LogP contribution in [0.15, 0.2) is 36.4 Å². The maximum atomic E-state index is 10.3. The van der Waals surface area contributed by atoms with Crippen LogP contribution >= 0.6 is 0 Å². The molecule has 116 valence electrons. The summed E-state index contributed by atoms with van der Waals surface area (Å²) in [5, 5.41) is 20.5. The lowest BCUT2D eigenvalue weighted by molar-refractivity contribution is -0.385. The molecule has 0 heterocycles. The van der Waals surface area contributed by atoms with Crippen LogP contribution in [-0.4, -0.2) is 9.85 Å². The Morgan fingerprint density at radius 1 is 0.864 bits per heavy atom. The first-order valence-electron chi connectivity index (χ1n) is 6.23. The lowest BCUT2D eigenvalue weighted by Crippen LogP contribution is -1.93. The van der Waals surface area contributed by atoms with Crippen molar-refractivity contribution >= 4 is 22.7 Å². The van der Waals surface area contributed by atoms with Crippen molar-refractivity contribution in [3.05, 3.63) is 67.8 Å². The van der Waals surface area contributed by atoms with E-state index in [4.69, 9.17) is 11.5 Å². The number of aryl methyl sites for hydroxylation is 2. The summed E-state index contributed by atoms with van der Waals surface area (Å²) in [5.41, 5.74) is 13.3. The first-order valence-corrected chi connectivity index (χ1v) is 6.23. The van der Waals surface area contributed by atoms with E-state index in [1.54, 1.807) is 32.0 Å². The number of benzene rings is 2. The van der Waals surface area contributed by atoms with Gasteiger partial charge in [-0.3, -0.25) is 20.2 Å². The smallest absolute Gasteiger partial charge is 0.274 e. The molecule has 0 aliphatic carbocycles. The molecule has 0 bridgehead atoms. The molecule has 0 aliphatic rings. The Hall–Kier alpha value is -3.16. The zero-order valence-corrected chi connectivity index (χ0v) is 12.1. The van der Waals surface area contributed by atoms with Crippen molar-refractivity contribution in [3.8, 4) is 0 Å². The Labute approximate surface area is 126 Å². The minimum atomic E-state index is -0.462. The number of nitrogen functional groups attached to an aromatic ring is 2. The normalized spacial score (nSPS) is 9.55. The van der Waals surface area contributed by atoms with Gasteiger partial charge in [-0.25, -0.2) is 0 Å². The molecule has 0 saturated carbocycles. The third-order valence-corrected chi connectivity index (χ3v) is 2.90. The van der Waals surface area contributed by atoms with Crippen LogP contribution < -0.4 is 11.5 Å². The molecular formula is C14H16N4O4. The van der Waals surface area contributed by atoms with Crippen molar-refractivity contribution in [2.45, 2.75) is 13.8 Å². The summed E-state index contributed by atoms with van der Waals surface area (Å²) in [4.78, 5) is 19.6. The molecule has 0 atom stereocenters. The Kier molecular flexibility index (Phi) is 5.39. The Balaban J connectivity index is 0.000000220. The summed E-state index contributed by atoms with van der Waals surface area (Å²) in [6, 6.07) is 9.06. The van der Waals surface area contributed by atoms with Crippen LogP contribution in [0.25, 0.3) is 0 Å². The molecule has 4 N–H and O–H groups in total. The molecule has 2 aromatic carbocycles. The second-order valence-corrected chi connectivity index (χ2v) is 4.60. The number of anilines is 2. The van der Waals surface area contributed by atoms with Gasteiger partial charge in [0.05, 0.1) is 9.85 Å². The van der Waals surface area contributed by atoms with Gasteiger partial charge in [0.25, 0.3) is 11.4 Å². The van der Waals surface area contributed by atoms with E-state index in [0.29, 0.717) is 16.9 Å². The molecule has 0 aromatic heterocycles.